The number of likely N-dealkylation sites (N-methyl/N-ethyl adjacent to an activating group) is 1. The molecule has 19 heteroatoms. The van der Waals surface area contributed by atoms with Gasteiger partial charge in [-0.2, -0.15) is 5.26 Å². The van der Waals surface area contributed by atoms with E-state index in [0.717, 1.165) is 4.90 Å². The van der Waals surface area contributed by atoms with Gasteiger partial charge >= 0.3 is 5.37 Å². The number of nitrogens with zero attached hydrogens (tertiary/aromatic N) is 2. The fraction of sp³-hybridized carbons (Fsp3) is 0.424. The monoisotopic (exact) mass is 743 g/mol. The molecule has 0 saturated carbocycles. The summed E-state index contributed by atoms with van der Waals surface area (Å²) in [6.45, 7) is 0.231. The smallest absolute Gasteiger partial charge is 0.314 e. The minimum atomic E-state index is -1.44. The lowest BCUT2D eigenvalue weighted by molar-refractivity contribution is -0.140. The van der Waals surface area contributed by atoms with Crippen LogP contribution in [0.4, 0.5) is 4.79 Å². The number of carbonyl (C=O) groups is 6. The van der Waals surface area contributed by atoms with Crippen LogP contribution in [0.5, 0.6) is 11.5 Å². The van der Waals surface area contributed by atoms with Crippen LogP contribution in [0.15, 0.2) is 36.4 Å². The Bertz CT molecular complexity index is 1690. The molecule has 0 saturated heterocycles. The molecule has 0 fully saturated rings. The highest BCUT2D eigenvalue weighted by molar-refractivity contribution is 6.63. The van der Waals surface area contributed by atoms with Crippen LogP contribution in [0.25, 0.3) is 11.1 Å². The van der Waals surface area contributed by atoms with Crippen molar-refractivity contribution in [1.29, 1.82) is 5.26 Å². The van der Waals surface area contributed by atoms with Crippen molar-refractivity contribution in [1.82, 2.24) is 31.5 Å². The Morgan fingerprint density at radius 1 is 1.02 bits per heavy atom. The number of hydrogen-bond acceptors (Lipinski definition) is 12. The number of benzene rings is 2. The molecule has 0 aliphatic carbocycles. The van der Waals surface area contributed by atoms with E-state index >= 15 is 0 Å². The summed E-state index contributed by atoms with van der Waals surface area (Å²) in [6.07, 6.45) is -0.0101. The maximum atomic E-state index is 14.0. The molecule has 2 aromatic carbocycles. The molecule has 1 aliphatic rings. The zero-order chi connectivity index (χ0) is 38.4. The topological polar surface area (TPSA) is 280 Å². The first-order chi connectivity index (χ1) is 24.8. The van der Waals surface area contributed by atoms with Crippen molar-refractivity contribution in [3.63, 3.8) is 0 Å². The second-order valence-electron chi connectivity index (χ2n) is 11.5. The molecule has 0 spiro atoms. The molecule has 4 bridgehead atoms. The predicted octanol–water partition coefficient (Wildman–Crippen LogP) is -1.86. The summed E-state index contributed by atoms with van der Waals surface area (Å²) in [5.41, 5.74) is 13.2. The summed E-state index contributed by atoms with van der Waals surface area (Å²) in [7, 11) is 1.31. The Balaban J connectivity index is 2.19. The number of nitrogens with one attached hydrogen (secondary N) is 5. The molecule has 6 amide bonds. The standard InChI is InChI=1S/C33H42ClN9O9/c1-18-29(46)41-23(30(47)38-10-7-35)14-19-3-5-25(51-11-8-36)21(13-19)22-15-20(4-6-26(22)52-12-9-37)28(32(49)40-18)43(2)27(45)16-39-31(48)24(17-44)42-33(34)50/h3-6,13,15,18,23-24,28,44H,8-12,14,16-17,36-37H2,1-2H3,(H,38,47)(H,39,48)(H,40,49)(H,41,46)(H,42,50)/t18-,23-,24-,28-/m0/s1. The van der Waals surface area contributed by atoms with E-state index in [0.29, 0.717) is 28.2 Å². The van der Waals surface area contributed by atoms with Crippen molar-refractivity contribution in [3.05, 3.63) is 47.5 Å². The van der Waals surface area contributed by atoms with Crippen molar-refractivity contribution in [2.24, 2.45) is 11.5 Å². The Labute approximate surface area is 304 Å². The van der Waals surface area contributed by atoms with Crippen molar-refractivity contribution in [2.45, 2.75) is 37.5 Å². The van der Waals surface area contributed by atoms with Gasteiger partial charge in [0.1, 0.15) is 55.4 Å². The van der Waals surface area contributed by atoms with Crippen molar-refractivity contribution < 1.29 is 43.3 Å². The van der Waals surface area contributed by atoms with Gasteiger partial charge in [0.2, 0.25) is 29.5 Å². The van der Waals surface area contributed by atoms with Crippen LogP contribution < -0.4 is 47.5 Å². The van der Waals surface area contributed by atoms with Crippen molar-refractivity contribution >= 4 is 46.5 Å². The second kappa shape index (κ2) is 19.8. The lowest BCUT2D eigenvalue weighted by atomic mass is 9.93. The zero-order valence-corrected chi connectivity index (χ0v) is 29.3. The number of carbonyl (C=O) groups excluding carboxylic acids is 6. The molecule has 0 radical (unpaired) electrons. The third-order valence-corrected chi connectivity index (χ3v) is 7.91. The van der Waals surface area contributed by atoms with E-state index < -0.39 is 72.2 Å². The lowest BCUT2D eigenvalue weighted by Gasteiger charge is -2.30. The van der Waals surface area contributed by atoms with Gasteiger partial charge in [0, 0.05) is 37.7 Å². The van der Waals surface area contributed by atoms with E-state index in [-0.39, 0.29) is 44.8 Å². The number of amides is 6. The van der Waals surface area contributed by atoms with Crippen LogP contribution in [0, 0.1) is 11.3 Å². The first-order valence-corrected chi connectivity index (χ1v) is 16.5. The summed E-state index contributed by atoms with van der Waals surface area (Å²) < 4.78 is 11.9. The minimum Gasteiger partial charge on any atom is -0.492 e. The molecule has 280 valence electrons. The molecule has 4 atom stereocenters. The number of halogens is 1. The second-order valence-corrected chi connectivity index (χ2v) is 11.9. The molecule has 2 aromatic rings. The molecule has 10 N–H and O–H groups in total. The van der Waals surface area contributed by atoms with E-state index in [2.05, 4.69) is 21.3 Å². The quantitative estimate of drug-likeness (QED) is 0.0601. The summed E-state index contributed by atoms with van der Waals surface area (Å²) in [4.78, 5) is 78.8. The van der Waals surface area contributed by atoms with E-state index in [4.69, 9.17) is 37.8 Å². The fourth-order valence-electron chi connectivity index (χ4n) is 5.22. The number of fused-ring (bicyclic) bond motifs is 5. The Hall–Kier alpha value is -5.48. The number of aliphatic hydroxyl groups excluding tert-OH is 1. The van der Waals surface area contributed by atoms with Crippen LogP contribution in [-0.4, -0.2) is 116 Å². The summed E-state index contributed by atoms with van der Waals surface area (Å²) >= 11 is 5.26. The average molecular weight is 744 g/mol. The van der Waals surface area contributed by atoms with Crippen molar-refractivity contribution in [3.8, 4) is 28.7 Å². The molecule has 52 heavy (non-hydrogen) atoms. The van der Waals surface area contributed by atoms with Gasteiger partial charge in [-0.25, -0.2) is 0 Å². The Morgan fingerprint density at radius 3 is 2.25 bits per heavy atom. The molecule has 0 unspecified atom stereocenters. The van der Waals surface area contributed by atoms with Gasteiger partial charge in [0.15, 0.2) is 0 Å². The van der Waals surface area contributed by atoms with Crippen LogP contribution >= 0.6 is 11.6 Å². The lowest BCUT2D eigenvalue weighted by Crippen LogP contribution is -2.55. The van der Waals surface area contributed by atoms with Crippen molar-refractivity contribution in [2.75, 3.05) is 53.0 Å². The van der Waals surface area contributed by atoms with Gasteiger partial charge in [-0.05, 0) is 53.9 Å². The maximum absolute atomic E-state index is 14.0. The normalized spacial score (nSPS) is 17.5. The number of hydrogen-bond donors (Lipinski definition) is 8. The first kappa shape index (κ1) is 40.9. The molecule has 1 heterocycles. The number of nitrogens with two attached hydrogens (primary N) is 2. The van der Waals surface area contributed by atoms with Crippen LogP contribution in [0.1, 0.15) is 24.1 Å². The molecule has 1 aliphatic heterocycles. The number of rotatable bonds is 14. The van der Waals surface area contributed by atoms with E-state index in [1.807, 2.05) is 11.4 Å². The molecule has 0 aromatic heterocycles. The molecule has 18 nitrogen and oxygen atoms in total. The fourth-order valence-corrected chi connectivity index (χ4v) is 5.35. The minimum absolute atomic E-state index is 0.0101. The summed E-state index contributed by atoms with van der Waals surface area (Å²) in [5.74, 6) is -3.14. The molecular formula is C33H42ClN9O9. The SMILES string of the molecule is C[C@@H]1NC(=O)[C@@H](N(C)C(=O)CNC(=O)[C@H](CO)NC(=O)Cl)c2ccc(OCCN)c(c2)-c2cc(ccc2OCCN)C[C@@H](C(=O)NCC#N)NC1=O. The van der Waals surface area contributed by atoms with Gasteiger partial charge in [-0.15, -0.1) is 0 Å². The maximum Gasteiger partial charge on any atom is 0.314 e. The first-order valence-electron chi connectivity index (χ1n) is 16.1. The number of aliphatic hydroxyl groups is 1. The average Bonchev–Trinajstić information content (AvgIpc) is 3.12. The highest BCUT2D eigenvalue weighted by atomic mass is 35.5. The third-order valence-electron chi connectivity index (χ3n) is 7.80. The number of ether oxygens (including phenoxy) is 2. The predicted molar refractivity (Wildman–Crippen MR) is 187 cm³/mol. The number of nitriles is 1. The largest absolute Gasteiger partial charge is 0.492 e. The highest BCUT2D eigenvalue weighted by Gasteiger charge is 2.34. The summed E-state index contributed by atoms with van der Waals surface area (Å²) in [6, 6.07) is 6.42. The van der Waals surface area contributed by atoms with Crippen LogP contribution in [-0.2, 0) is 30.4 Å². The van der Waals surface area contributed by atoms with Gasteiger partial charge < -0.3 is 57.5 Å². The summed E-state index contributed by atoms with van der Waals surface area (Å²) in [5, 5.41) is 29.4. The zero-order valence-electron chi connectivity index (χ0n) is 28.6. The van der Waals surface area contributed by atoms with Gasteiger partial charge in [0.25, 0.3) is 0 Å². The third kappa shape index (κ3) is 11.0. The van der Waals surface area contributed by atoms with E-state index in [1.54, 1.807) is 36.4 Å². The van der Waals surface area contributed by atoms with E-state index in [9.17, 15) is 33.9 Å². The Morgan fingerprint density at radius 2 is 1.65 bits per heavy atom. The van der Waals surface area contributed by atoms with Crippen LogP contribution in [0.2, 0.25) is 0 Å². The highest BCUT2D eigenvalue weighted by Crippen LogP contribution is 2.40. The molecule has 3 rings (SSSR count). The van der Waals surface area contributed by atoms with Gasteiger partial charge in [-0.1, -0.05) is 12.1 Å². The molecular weight excluding hydrogens is 702 g/mol. The Kier molecular flexibility index (Phi) is 15.6. The van der Waals surface area contributed by atoms with Gasteiger partial charge in [-0.3, -0.25) is 28.8 Å². The van der Waals surface area contributed by atoms with E-state index in [1.165, 1.54) is 14.0 Å². The van der Waals surface area contributed by atoms with Gasteiger partial charge in [0.05, 0.1) is 19.2 Å². The van der Waals surface area contributed by atoms with Crippen LogP contribution in [0.3, 0.4) is 0 Å².